The number of quaternary nitrogens is 1. The van der Waals surface area contributed by atoms with Crippen molar-refractivity contribution in [1.29, 1.82) is 0 Å². The first-order chi connectivity index (χ1) is 36.9. The number of esters is 1. The fourth-order valence-corrected chi connectivity index (χ4v) is 9.44. The zero-order chi connectivity index (χ0) is 55.7. The maximum absolute atomic E-state index is 13.5. The number of likely N-dealkylation sites (N-methyl/N-ethyl adjacent to an activating group) is 1. The average Bonchev–Trinajstić information content (AvgIpc) is 3.38. The van der Waals surface area contributed by atoms with Crippen LogP contribution in [-0.4, -0.2) is 69.4 Å². The first kappa shape index (κ1) is 73.2. The van der Waals surface area contributed by atoms with E-state index in [1.165, 1.54) is 122 Å². The summed E-state index contributed by atoms with van der Waals surface area (Å²) in [5.41, 5.74) is 0. The summed E-state index contributed by atoms with van der Waals surface area (Å²) in [6.07, 6.45) is 72.7. The van der Waals surface area contributed by atoms with Crippen molar-refractivity contribution in [2.45, 2.75) is 283 Å². The number of carbonyl (C=O) groups is 2. The predicted octanol–water partition coefficient (Wildman–Crippen LogP) is 18.8. The Morgan fingerprint density at radius 2 is 0.842 bits per heavy atom. The molecule has 1 N–H and O–H groups in total. The van der Waals surface area contributed by atoms with Gasteiger partial charge in [-0.1, -0.05) is 241 Å². The Hall–Kier alpha value is -2.81. The van der Waals surface area contributed by atoms with Crippen LogP contribution in [0.2, 0.25) is 0 Å². The molecule has 0 bridgehead atoms. The minimum atomic E-state index is -4.70. The molecule has 0 radical (unpaired) electrons. The van der Waals surface area contributed by atoms with Crippen molar-refractivity contribution in [2.75, 3.05) is 40.9 Å². The number of unbranched alkanes of at least 4 members (excludes halogenated alkanes) is 28. The van der Waals surface area contributed by atoms with Gasteiger partial charge in [0.15, 0.2) is 0 Å². The van der Waals surface area contributed by atoms with E-state index in [4.69, 9.17) is 13.8 Å². The van der Waals surface area contributed by atoms with Gasteiger partial charge in [0.2, 0.25) is 5.91 Å². The van der Waals surface area contributed by atoms with Gasteiger partial charge in [0.25, 0.3) is 7.82 Å². The highest BCUT2D eigenvalue weighted by atomic mass is 31.2. The Bertz CT molecular complexity index is 1580. The number of nitrogens with zero attached hydrogens (tertiary/aromatic N) is 1. The lowest BCUT2D eigenvalue weighted by Gasteiger charge is -2.30. The smallest absolute Gasteiger partial charge is 0.306 e. The highest BCUT2D eigenvalue weighted by molar-refractivity contribution is 7.45. The Kier molecular flexibility index (Phi) is 53.5. The number of nitrogens with one attached hydrogen (secondary N) is 1. The van der Waals surface area contributed by atoms with E-state index < -0.39 is 26.6 Å². The number of hydrogen-bond donors (Lipinski definition) is 1. The van der Waals surface area contributed by atoms with Gasteiger partial charge in [-0.15, -0.1) is 0 Å². The number of phosphoric acid groups is 1. The number of carbonyl (C=O) groups excluding carboxylic acids is 2. The van der Waals surface area contributed by atoms with E-state index in [0.29, 0.717) is 23.9 Å². The SMILES string of the molecule is CC/C=C\C/C=C\C/C=C\C/C=C\C/C=C\CCCCCCCCCCCC(=O)OC(/C=C\CCCCCCCCCCC)C(COP(=O)([O-])OCC[N+](C)(C)C)NC(=O)CCCCC/C=C\CCCCCCCCC. The molecule has 0 rings (SSSR count). The molecule has 76 heavy (non-hydrogen) atoms. The first-order valence-corrected chi connectivity index (χ1v) is 32.9. The molecule has 0 aliphatic rings. The Morgan fingerprint density at radius 1 is 0.474 bits per heavy atom. The van der Waals surface area contributed by atoms with Crippen LogP contribution >= 0.6 is 7.82 Å². The molecule has 0 aliphatic heterocycles. The minimum Gasteiger partial charge on any atom is -0.756 e. The lowest BCUT2D eigenvalue weighted by Crippen LogP contribution is -2.47. The summed E-state index contributed by atoms with van der Waals surface area (Å²) < 4.78 is 30.3. The van der Waals surface area contributed by atoms with Gasteiger partial charge in [-0.3, -0.25) is 14.2 Å². The van der Waals surface area contributed by atoms with E-state index in [1.54, 1.807) is 0 Å². The van der Waals surface area contributed by atoms with E-state index in [0.717, 1.165) is 109 Å². The Balaban J connectivity index is 5.15. The van der Waals surface area contributed by atoms with Crippen LogP contribution in [0.25, 0.3) is 0 Å². The molecule has 0 spiro atoms. The first-order valence-electron chi connectivity index (χ1n) is 31.4. The molecule has 0 fully saturated rings. The molecular formula is C66H119N2O7P. The maximum Gasteiger partial charge on any atom is 0.306 e. The third-order valence-electron chi connectivity index (χ3n) is 13.6. The lowest BCUT2D eigenvalue weighted by molar-refractivity contribution is -0.870. The molecule has 0 aromatic heterocycles. The van der Waals surface area contributed by atoms with Crippen molar-refractivity contribution < 1.29 is 37.3 Å². The maximum atomic E-state index is 13.5. The van der Waals surface area contributed by atoms with Gasteiger partial charge in [0.05, 0.1) is 33.8 Å². The molecule has 440 valence electrons. The number of phosphoric ester groups is 1. The van der Waals surface area contributed by atoms with Crippen LogP contribution in [0.1, 0.15) is 271 Å². The van der Waals surface area contributed by atoms with Gasteiger partial charge in [-0.05, 0) is 102 Å². The second-order valence-corrected chi connectivity index (χ2v) is 23.6. The summed E-state index contributed by atoms with van der Waals surface area (Å²) >= 11 is 0. The molecule has 3 unspecified atom stereocenters. The summed E-state index contributed by atoms with van der Waals surface area (Å²) in [4.78, 5) is 39.9. The highest BCUT2D eigenvalue weighted by Gasteiger charge is 2.27. The highest BCUT2D eigenvalue weighted by Crippen LogP contribution is 2.38. The summed E-state index contributed by atoms with van der Waals surface area (Å²) in [6, 6.07) is -0.901. The largest absolute Gasteiger partial charge is 0.756 e. The van der Waals surface area contributed by atoms with Crippen molar-refractivity contribution in [1.82, 2.24) is 5.32 Å². The van der Waals surface area contributed by atoms with Crippen LogP contribution in [0, 0.1) is 0 Å². The van der Waals surface area contributed by atoms with Crippen molar-refractivity contribution in [3.63, 3.8) is 0 Å². The molecule has 10 heteroatoms. The molecule has 0 aromatic carbocycles. The monoisotopic (exact) mass is 1080 g/mol. The molecule has 0 aliphatic carbocycles. The Labute approximate surface area is 469 Å². The molecule has 0 saturated heterocycles. The average molecular weight is 1080 g/mol. The van der Waals surface area contributed by atoms with Gasteiger partial charge in [0, 0.05) is 12.8 Å². The zero-order valence-corrected chi connectivity index (χ0v) is 51.1. The summed E-state index contributed by atoms with van der Waals surface area (Å²) in [5, 5.41) is 3.01. The van der Waals surface area contributed by atoms with Gasteiger partial charge in [-0.2, -0.15) is 0 Å². The van der Waals surface area contributed by atoms with Crippen molar-refractivity contribution in [3.8, 4) is 0 Å². The molecule has 0 aromatic rings. The molecular weight excluding hydrogens is 964 g/mol. The van der Waals surface area contributed by atoms with Gasteiger partial charge in [-0.25, -0.2) is 0 Å². The fraction of sp³-hybridized carbons (Fsp3) is 0.758. The molecule has 0 heterocycles. The van der Waals surface area contributed by atoms with Crippen LogP contribution in [0.15, 0.2) is 85.1 Å². The quantitative estimate of drug-likeness (QED) is 0.0212. The van der Waals surface area contributed by atoms with E-state index in [2.05, 4.69) is 99.0 Å². The van der Waals surface area contributed by atoms with Crippen molar-refractivity contribution >= 4 is 19.7 Å². The minimum absolute atomic E-state index is 0.0287. The van der Waals surface area contributed by atoms with Crippen molar-refractivity contribution in [2.24, 2.45) is 0 Å². The summed E-state index contributed by atoms with van der Waals surface area (Å²) in [5.74, 6) is -0.567. The van der Waals surface area contributed by atoms with E-state index in [9.17, 15) is 19.0 Å². The second kappa shape index (κ2) is 55.5. The zero-order valence-electron chi connectivity index (χ0n) is 50.2. The fourth-order valence-electron chi connectivity index (χ4n) is 8.72. The van der Waals surface area contributed by atoms with Gasteiger partial charge >= 0.3 is 5.97 Å². The van der Waals surface area contributed by atoms with Crippen LogP contribution in [0.3, 0.4) is 0 Å². The molecule has 3 atom stereocenters. The topological polar surface area (TPSA) is 114 Å². The van der Waals surface area contributed by atoms with E-state index in [1.807, 2.05) is 33.3 Å². The molecule has 9 nitrogen and oxygen atoms in total. The lowest BCUT2D eigenvalue weighted by atomic mass is 10.1. The van der Waals surface area contributed by atoms with Crippen molar-refractivity contribution in [3.05, 3.63) is 85.1 Å². The Morgan fingerprint density at radius 3 is 1.29 bits per heavy atom. The standard InChI is InChI=1S/C66H119N2O7P/c1-7-10-13-16-19-22-25-27-29-30-31-32-33-34-35-36-37-38-39-41-44-47-50-53-56-59-66(70)75-64(57-54-51-48-45-42-24-21-18-15-12-9-3)63(62-74-76(71,72)73-61-60-68(4,5)6)67-65(69)58-55-52-49-46-43-40-28-26-23-20-17-14-11-8-2/h10,13,19,22,27,29,31-32,34-35,40,43,54,57,63-64H,7-9,11-12,14-18,20-21,23-26,28,30,33,36-39,41-42,44-53,55-56,58-62H2,1-6H3,(H-,67,69,71,72)/b13-10-,22-19-,29-27-,32-31-,35-34-,43-40-,57-54-. The van der Waals surface area contributed by atoms with Crippen LogP contribution in [-0.2, 0) is 27.9 Å². The third kappa shape index (κ3) is 55.9. The molecule has 1 amide bonds. The number of allylic oxidation sites excluding steroid dienone is 13. The van der Waals surface area contributed by atoms with Gasteiger partial charge in [0.1, 0.15) is 19.3 Å². The normalized spacial score (nSPS) is 14.2. The van der Waals surface area contributed by atoms with Crippen LogP contribution in [0.5, 0.6) is 0 Å². The number of rotatable bonds is 56. The third-order valence-corrected chi connectivity index (χ3v) is 14.5. The second-order valence-electron chi connectivity index (χ2n) is 22.2. The summed E-state index contributed by atoms with van der Waals surface area (Å²) in [7, 11) is 1.17. The number of amides is 1. The predicted molar refractivity (Wildman–Crippen MR) is 325 cm³/mol. The number of hydrogen-bond acceptors (Lipinski definition) is 7. The summed E-state index contributed by atoms with van der Waals surface area (Å²) in [6.45, 7) is 6.70. The number of ether oxygens (including phenoxy) is 1. The van der Waals surface area contributed by atoms with E-state index >= 15 is 0 Å². The molecule has 0 saturated carbocycles. The van der Waals surface area contributed by atoms with Crippen LogP contribution in [0.4, 0.5) is 0 Å². The van der Waals surface area contributed by atoms with Crippen LogP contribution < -0.4 is 10.2 Å². The van der Waals surface area contributed by atoms with Gasteiger partial charge < -0.3 is 28.5 Å². The van der Waals surface area contributed by atoms with E-state index in [-0.39, 0.29) is 24.9 Å².